The van der Waals surface area contributed by atoms with Gasteiger partial charge in [-0.2, -0.15) is 0 Å². The second kappa shape index (κ2) is 2.98. The standard InChI is InChI=1S/C9H17NO2/c10-5-9(6-11)4-7(9)8-2-1-3-12-8/h7-8,11H,1-6,10H2. The highest BCUT2D eigenvalue weighted by molar-refractivity contribution is 5.06. The number of rotatable bonds is 3. The van der Waals surface area contributed by atoms with E-state index in [0.29, 0.717) is 18.6 Å². The molecule has 2 fully saturated rings. The zero-order chi connectivity index (χ0) is 8.60. The van der Waals surface area contributed by atoms with Crippen LogP contribution in [0.5, 0.6) is 0 Å². The number of hydrogen-bond donors (Lipinski definition) is 2. The molecular weight excluding hydrogens is 154 g/mol. The van der Waals surface area contributed by atoms with Gasteiger partial charge in [-0.05, 0) is 25.2 Å². The minimum atomic E-state index is 0.0228. The maximum absolute atomic E-state index is 9.15. The summed E-state index contributed by atoms with van der Waals surface area (Å²) >= 11 is 0. The van der Waals surface area contributed by atoms with Gasteiger partial charge in [0.05, 0.1) is 12.7 Å². The third-order valence-electron chi connectivity index (χ3n) is 3.39. The predicted octanol–water partition coefficient (Wildman–Crippen LogP) is 0.123. The summed E-state index contributed by atoms with van der Waals surface area (Å²) in [6.07, 6.45) is 3.78. The molecular formula is C9H17NO2. The van der Waals surface area contributed by atoms with Crippen molar-refractivity contribution in [1.82, 2.24) is 0 Å². The smallest absolute Gasteiger partial charge is 0.0611 e. The van der Waals surface area contributed by atoms with Crippen molar-refractivity contribution in [2.45, 2.75) is 25.4 Å². The van der Waals surface area contributed by atoms with Crippen LogP contribution in [0.4, 0.5) is 0 Å². The molecule has 2 rings (SSSR count). The Morgan fingerprint density at radius 2 is 2.42 bits per heavy atom. The van der Waals surface area contributed by atoms with Crippen LogP contribution in [0, 0.1) is 11.3 Å². The van der Waals surface area contributed by atoms with Crippen LogP contribution in [0.1, 0.15) is 19.3 Å². The normalized spacial score (nSPS) is 46.5. The lowest BCUT2D eigenvalue weighted by Crippen LogP contribution is -2.26. The molecule has 12 heavy (non-hydrogen) atoms. The highest BCUT2D eigenvalue weighted by Gasteiger charge is 2.56. The van der Waals surface area contributed by atoms with Gasteiger partial charge in [-0.15, -0.1) is 0 Å². The van der Waals surface area contributed by atoms with E-state index >= 15 is 0 Å². The molecule has 1 aliphatic heterocycles. The number of aliphatic hydroxyl groups excluding tert-OH is 1. The lowest BCUT2D eigenvalue weighted by molar-refractivity contribution is 0.0719. The minimum absolute atomic E-state index is 0.0228. The van der Waals surface area contributed by atoms with Crippen molar-refractivity contribution in [2.75, 3.05) is 19.8 Å². The largest absolute Gasteiger partial charge is 0.396 e. The zero-order valence-electron chi connectivity index (χ0n) is 7.33. The molecule has 0 amide bonds. The molecule has 3 atom stereocenters. The van der Waals surface area contributed by atoms with Crippen LogP contribution in [0.15, 0.2) is 0 Å². The molecule has 0 aromatic carbocycles. The topological polar surface area (TPSA) is 55.5 Å². The van der Waals surface area contributed by atoms with E-state index in [4.69, 9.17) is 15.6 Å². The Hall–Kier alpha value is -0.120. The second-order valence-corrected chi connectivity index (χ2v) is 4.09. The molecule has 0 radical (unpaired) electrons. The van der Waals surface area contributed by atoms with E-state index in [1.165, 1.54) is 6.42 Å². The number of aliphatic hydroxyl groups is 1. The fourth-order valence-electron chi connectivity index (χ4n) is 2.31. The quantitative estimate of drug-likeness (QED) is 0.634. The third-order valence-corrected chi connectivity index (χ3v) is 3.39. The van der Waals surface area contributed by atoms with Crippen LogP contribution in [0.2, 0.25) is 0 Å². The third kappa shape index (κ3) is 1.16. The van der Waals surface area contributed by atoms with E-state index in [0.717, 1.165) is 19.4 Å². The van der Waals surface area contributed by atoms with Gasteiger partial charge in [-0.1, -0.05) is 0 Å². The molecule has 1 heterocycles. The average molecular weight is 171 g/mol. The van der Waals surface area contributed by atoms with Crippen molar-refractivity contribution in [2.24, 2.45) is 17.1 Å². The van der Waals surface area contributed by atoms with Crippen molar-refractivity contribution in [3.63, 3.8) is 0 Å². The van der Waals surface area contributed by atoms with Gasteiger partial charge in [0, 0.05) is 18.6 Å². The molecule has 3 nitrogen and oxygen atoms in total. The lowest BCUT2D eigenvalue weighted by atomic mass is 10.0. The van der Waals surface area contributed by atoms with Crippen molar-refractivity contribution < 1.29 is 9.84 Å². The Morgan fingerprint density at radius 1 is 1.58 bits per heavy atom. The summed E-state index contributed by atoms with van der Waals surface area (Å²) in [5.41, 5.74) is 5.64. The Labute approximate surface area is 72.9 Å². The summed E-state index contributed by atoms with van der Waals surface area (Å²) < 4.78 is 5.57. The monoisotopic (exact) mass is 171 g/mol. The maximum Gasteiger partial charge on any atom is 0.0611 e. The summed E-state index contributed by atoms with van der Waals surface area (Å²) in [6.45, 7) is 1.73. The Balaban J connectivity index is 1.92. The number of nitrogens with two attached hydrogens (primary N) is 1. The van der Waals surface area contributed by atoms with E-state index in [1.54, 1.807) is 0 Å². The van der Waals surface area contributed by atoms with Crippen LogP contribution in [-0.4, -0.2) is 31.0 Å². The molecule has 0 aromatic heterocycles. The molecule has 0 spiro atoms. The molecule has 3 unspecified atom stereocenters. The number of hydrogen-bond acceptors (Lipinski definition) is 3. The van der Waals surface area contributed by atoms with Gasteiger partial charge in [0.25, 0.3) is 0 Å². The van der Waals surface area contributed by atoms with E-state index in [9.17, 15) is 0 Å². The van der Waals surface area contributed by atoms with Crippen molar-refractivity contribution >= 4 is 0 Å². The van der Waals surface area contributed by atoms with Gasteiger partial charge in [0.1, 0.15) is 0 Å². The van der Waals surface area contributed by atoms with Crippen molar-refractivity contribution in [1.29, 1.82) is 0 Å². The Morgan fingerprint density at radius 3 is 2.83 bits per heavy atom. The number of ether oxygens (including phenoxy) is 1. The summed E-state index contributed by atoms with van der Waals surface area (Å²) in [5.74, 6) is 0.537. The summed E-state index contributed by atoms with van der Waals surface area (Å²) in [5, 5.41) is 9.15. The molecule has 1 saturated carbocycles. The zero-order valence-corrected chi connectivity index (χ0v) is 7.33. The Kier molecular flexibility index (Phi) is 2.10. The predicted molar refractivity (Wildman–Crippen MR) is 45.7 cm³/mol. The first kappa shape index (κ1) is 8.48. The van der Waals surface area contributed by atoms with Gasteiger partial charge in [0.2, 0.25) is 0 Å². The lowest BCUT2D eigenvalue weighted by Gasteiger charge is -2.15. The van der Waals surface area contributed by atoms with Gasteiger partial charge in [-0.25, -0.2) is 0 Å². The van der Waals surface area contributed by atoms with Crippen LogP contribution < -0.4 is 5.73 Å². The molecule has 3 heteroatoms. The summed E-state index contributed by atoms with van der Waals surface area (Å²) in [4.78, 5) is 0. The van der Waals surface area contributed by atoms with Crippen LogP contribution in [-0.2, 0) is 4.74 Å². The van der Waals surface area contributed by atoms with Gasteiger partial charge in [-0.3, -0.25) is 0 Å². The Bertz CT molecular complexity index is 162. The SMILES string of the molecule is NCC1(CO)CC1C1CCCO1. The molecule has 0 bridgehead atoms. The van der Waals surface area contributed by atoms with Gasteiger partial charge in [0.15, 0.2) is 0 Å². The van der Waals surface area contributed by atoms with E-state index in [-0.39, 0.29) is 12.0 Å². The fraction of sp³-hybridized carbons (Fsp3) is 1.00. The van der Waals surface area contributed by atoms with Crippen molar-refractivity contribution in [3.05, 3.63) is 0 Å². The van der Waals surface area contributed by atoms with E-state index in [2.05, 4.69) is 0 Å². The van der Waals surface area contributed by atoms with E-state index < -0.39 is 0 Å². The average Bonchev–Trinajstić information content (AvgIpc) is 2.59. The van der Waals surface area contributed by atoms with Gasteiger partial charge < -0.3 is 15.6 Å². The summed E-state index contributed by atoms with van der Waals surface area (Å²) in [6, 6.07) is 0. The fourth-order valence-corrected chi connectivity index (χ4v) is 2.31. The highest BCUT2D eigenvalue weighted by Crippen LogP contribution is 2.55. The first-order valence-corrected chi connectivity index (χ1v) is 4.75. The van der Waals surface area contributed by atoms with Crippen molar-refractivity contribution in [3.8, 4) is 0 Å². The first-order valence-electron chi connectivity index (χ1n) is 4.75. The molecule has 1 saturated heterocycles. The van der Waals surface area contributed by atoms with Crippen LogP contribution in [0.3, 0.4) is 0 Å². The molecule has 2 aliphatic rings. The molecule has 3 N–H and O–H groups in total. The maximum atomic E-state index is 9.15. The van der Waals surface area contributed by atoms with E-state index in [1.807, 2.05) is 0 Å². The van der Waals surface area contributed by atoms with Gasteiger partial charge >= 0.3 is 0 Å². The first-order chi connectivity index (χ1) is 5.82. The molecule has 70 valence electrons. The molecule has 0 aromatic rings. The molecule has 1 aliphatic carbocycles. The summed E-state index contributed by atoms with van der Waals surface area (Å²) in [7, 11) is 0. The van der Waals surface area contributed by atoms with Crippen LogP contribution in [0.25, 0.3) is 0 Å². The highest BCUT2D eigenvalue weighted by atomic mass is 16.5. The second-order valence-electron chi connectivity index (χ2n) is 4.09. The van der Waals surface area contributed by atoms with Crippen LogP contribution >= 0.6 is 0 Å². The minimum Gasteiger partial charge on any atom is -0.396 e.